The largest absolute Gasteiger partial charge is 0.494 e. The maximum absolute atomic E-state index is 12.7. The minimum absolute atomic E-state index is 0.243. The first-order valence-electron chi connectivity index (χ1n) is 7.51. The standard InChI is InChI=1S/C16H23N3O3S/c1-6-22-15-9-7-8-14(10-15)11(2)18-23(20,21)16-12(3)17-19(5)13(16)4/h7-11,18H,6H2,1-5H3/t11-/m0/s1. The molecule has 0 bridgehead atoms. The predicted octanol–water partition coefficient (Wildman–Crippen LogP) is 2.48. The molecule has 0 unspecified atom stereocenters. The summed E-state index contributed by atoms with van der Waals surface area (Å²) in [7, 11) is -1.91. The van der Waals surface area contributed by atoms with E-state index in [0.29, 0.717) is 18.0 Å². The average Bonchev–Trinajstić information content (AvgIpc) is 2.72. The first-order chi connectivity index (χ1) is 10.8. The lowest BCUT2D eigenvalue weighted by molar-refractivity contribution is 0.339. The summed E-state index contributed by atoms with van der Waals surface area (Å²) < 4.78 is 35.1. The molecule has 0 saturated heterocycles. The fourth-order valence-electron chi connectivity index (χ4n) is 2.54. The van der Waals surface area contributed by atoms with Crippen molar-refractivity contribution in [3.05, 3.63) is 41.2 Å². The molecule has 1 heterocycles. The van der Waals surface area contributed by atoms with Crippen molar-refractivity contribution in [2.75, 3.05) is 6.61 Å². The quantitative estimate of drug-likeness (QED) is 0.879. The van der Waals surface area contributed by atoms with Crippen molar-refractivity contribution >= 4 is 10.0 Å². The van der Waals surface area contributed by atoms with E-state index in [9.17, 15) is 8.42 Å². The number of ether oxygens (including phenoxy) is 1. The molecule has 0 aliphatic carbocycles. The molecule has 1 aromatic carbocycles. The highest BCUT2D eigenvalue weighted by atomic mass is 32.2. The smallest absolute Gasteiger partial charge is 0.244 e. The Morgan fingerprint density at radius 2 is 2.04 bits per heavy atom. The third-order valence-electron chi connectivity index (χ3n) is 3.71. The van der Waals surface area contributed by atoms with Crippen molar-refractivity contribution in [2.24, 2.45) is 7.05 Å². The van der Waals surface area contributed by atoms with Crippen LogP contribution in [0.2, 0.25) is 0 Å². The van der Waals surface area contributed by atoms with E-state index in [2.05, 4.69) is 9.82 Å². The van der Waals surface area contributed by atoms with E-state index in [4.69, 9.17) is 4.74 Å². The molecular weight excluding hydrogens is 314 g/mol. The van der Waals surface area contributed by atoms with Crippen LogP contribution < -0.4 is 9.46 Å². The van der Waals surface area contributed by atoms with Crippen LogP contribution in [0.1, 0.15) is 36.8 Å². The second-order valence-corrected chi connectivity index (χ2v) is 7.12. The number of aryl methyl sites for hydroxylation is 2. The maximum atomic E-state index is 12.7. The van der Waals surface area contributed by atoms with Crippen LogP contribution in [-0.2, 0) is 17.1 Å². The summed E-state index contributed by atoms with van der Waals surface area (Å²) in [6.07, 6.45) is 0. The normalized spacial score (nSPS) is 13.1. The first-order valence-corrected chi connectivity index (χ1v) is 9.00. The van der Waals surface area contributed by atoms with E-state index in [-0.39, 0.29) is 10.9 Å². The van der Waals surface area contributed by atoms with E-state index < -0.39 is 10.0 Å². The summed E-state index contributed by atoms with van der Waals surface area (Å²) in [5, 5.41) is 4.17. The number of hydrogen-bond donors (Lipinski definition) is 1. The van der Waals surface area contributed by atoms with Crippen LogP contribution in [0, 0.1) is 13.8 Å². The lowest BCUT2D eigenvalue weighted by atomic mass is 10.1. The Kier molecular flexibility index (Phi) is 5.11. The number of aromatic nitrogens is 2. The van der Waals surface area contributed by atoms with Gasteiger partial charge in [0.2, 0.25) is 10.0 Å². The fraction of sp³-hybridized carbons (Fsp3) is 0.438. The average molecular weight is 337 g/mol. The topological polar surface area (TPSA) is 73.2 Å². The first kappa shape index (κ1) is 17.5. The van der Waals surface area contributed by atoms with Crippen molar-refractivity contribution in [3.63, 3.8) is 0 Å². The second kappa shape index (κ2) is 6.72. The molecule has 0 radical (unpaired) electrons. The molecule has 1 atom stereocenters. The van der Waals surface area contributed by atoms with Crippen LogP contribution in [0.25, 0.3) is 0 Å². The van der Waals surface area contributed by atoms with E-state index in [1.165, 1.54) is 0 Å². The minimum atomic E-state index is -3.65. The molecular formula is C16H23N3O3S. The number of benzene rings is 1. The van der Waals surface area contributed by atoms with Gasteiger partial charge in [0, 0.05) is 13.1 Å². The summed E-state index contributed by atoms with van der Waals surface area (Å²) in [5.74, 6) is 0.727. The zero-order valence-corrected chi connectivity index (χ0v) is 14.9. The number of nitrogens with zero attached hydrogens (tertiary/aromatic N) is 2. The van der Waals surface area contributed by atoms with Gasteiger partial charge in [-0.25, -0.2) is 13.1 Å². The molecule has 0 aliphatic heterocycles. The maximum Gasteiger partial charge on any atom is 0.244 e. The van der Waals surface area contributed by atoms with Crippen LogP contribution in [-0.4, -0.2) is 24.8 Å². The highest BCUT2D eigenvalue weighted by Crippen LogP contribution is 2.23. The summed E-state index contributed by atoms with van der Waals surface area (Å²) in [6, 6.07) is 7.05. The summed E-state index contributed by atoms with van der Waals surface area (Å²) in [6.45, 7) is 7.73. The summed E-state index contributed by atoms with van der Waals surface area (Å²) in [4.78, 5) is 0.243. The number of nitrogens with one attached hydrogen (secondary N) is 1. The Bertz CT molecular complexity index is 797. The molecule has 126 valence electrons. The van der Waals surface area contributed by atoms with Gasteiger partial charge in [-0.05, 0) is 45.4 Å². The fourth-order valence-corrected chi connectivity index (χ4v) is 4.21. The SMILES string of the molecule is CCOc1cccc([C@H](C)NS(=O)(=O)c2c(C)nn(C)c2C)c1. The lowest BCUT2D eigenvalue weighted by Gasteiger charge is -2.16. The van der Waals surface area contributed by atoms with E-state index in [0.717, 1.165) is 11.3 Å². The number of hydrogen-bond acceptors (Lipinski definition) is 4. The van der Waals surface area contributed by atoms with Crippen LogP contribution in [0.3, 0.4) is 0 Å². The summed E-state index contributed by atoms with van der Waals surface area (Å²) in [5.41, 5.74) is 1.96. The van der Waals surface area contributed by atoms with Gasteiger partial charge in [0.15, 0.2) is 0 Å². The second-order valence-electron chi connectivity index (χ2n) is 5.47. The third kappa shape index (κ3) is 3.73. The monoisotopic (exact) mass is 337 g/mol. The van der Waals surface area contributed by atoms with Gasteiger partial charge in [0.25, 0.3) is 0 Å². The van der Waals surface area contributed by atoms with Crippen molar-refractivity contribution in [3.8, 4) is 5.75 Å². The highest BCUT2D eigenvalue weighted by molar-refractivity contribution is 7.89. The molecule has 0 amide bonds. The van der Waals surface area contributed by atoms with Gasteiger partial charge < -0.3 is 4.74 Å². The van der Waals surface area contributed by atoms with Gasteiger partial charge in [-0.15, -0.1) is 0 Å². The predicted molar refractivity (Wildman–Crippen MR) is 89.0 cm³/mol. The molecule has 23 heavy (non-hydrogen) atoms. The van der Waals surface area contributed by atoms with Gasteiger partial charge in [-0.3, -0.25) is 4.68 Å². The lowest BCUT2D eigenvalue weighted by Crippen LogP contribution is -2.27. The van der Waals surface area contributed by atoms with Crippen LogP contribution in [0.5, 0.6) is 5.75 Å². The zero-order chi connectivity index (χ0) is 17.2. The van der Waals surface area contributed by atoms with E-state index >= 15 is 0 Å². The molecule has 0 spiro atoms. The third-order valence-corrected chi connectivity index (χ3v) is 5.50. The van der Waals surface area contributed by atoms with Crippen molar-refractivity contribution in [1.82, 2.24) is 14.5 Å². The van der Waals surface area contributed by atoms with Crippen molar-refractivity contribution in [1.29, 1.82) is 0 Å². The number of sulfonamides is 1. The highest BCUT2D eigenvalue weighted by Gasteiger charge is 2.25. The van der Waals surface area contributed by atoms with Crippen molar-refractivity contribution < 1.29 is 13.2 Å². The molecule has 0 fully saturated rings. The Labute approximate surface area is 137 Å². The summed E-state index contributed by atoms with van der Waals surface area (Å²) >= 11 is 0. The van der Waals surface area contributed by atoms with Crippen LogP contribution in [0.15, 0.2) is 29.2 Å². The molecule has 1 N–H and O–H groups in total. The molecule has 0 saturated carbocycles. The van der Waals surface area contributed by atoms with E-state index in [1.54, 1.807) is 25.6 Å². The minimum Gasteiger partial charge on any atom is -0.494 e. The molecule has 1 aromatic heterocycles. The van der Waals surface area contributed by atoms with Crippen LogP contribution in [0.4, 0.5) is 0 Å². The molecule has 0 aliphatic rings. The van der Waals surface area contributed by atoms with Gasteiger partial charge >= 0.3 is 0 Å². The van der Waals surface area contributed by atoms with Crippen LogP contribution >= 0.6 is 0 Å². The van der Waals surface area contributed by atoms with Gasteiger partial charge in [0.1, 0.15) is 10.6 Å². The molecule has 6 nitrogen and oxygen atoms in total. The molecule has 2 aromatic rings. The van der Waals surface area contributed by atoms with Crippen molar-refractivity contribution in [2.45, 2.75) is 38.6 Å². The van der Waals surface area contributed by atoms with Gasteiger partial charge in [-0.1, -0.05) is 12.1 Å². The van der Waals surface area contributed by atoms with Gasteiger partial charge in [-0.2, -0.15) is 5.10 Å². The van der Waals surface area contributed by atoms with E-state index in [1.807, 2.05) is 38.1 Å². The molecule has 2 rings (SSSR count). The Morgan fingerprint density at radius 1 is 1.35 bits per heavy atom. The Balaban J connectivity index is 2.28. The Morgan fingerprint density at radius 3 is 2.61 bits per heavy atom. The zero-order valence-electron chi connectivity index (χ0n) is 14.1. The van der Waals surface area contributed by atoms with Gasteiger partial charge in [0.05, 0.1) is 18.0 Å². The Hall–Kier alpha value is -1.86. The molecule has 7 heteroatoms. The number of rotatable bonds is 6.